The van der Waals surface area contributed by atoms with Gasteiger partial charge in [0, 0.05) is 28.5 Å². The number of nitrogens with zero attached hydrogens (tertiary/aromatic N) is 1. The van der Waals surface area contributed by atoms with Gasteiger partial charge in [0.2, 0.25) is 15.9 Å². The predicted molar refractivity (Wildman–Crippen MR) is 119 cm³/mol. The summed E-state index contributed by atoms with van der Waals surface area (Å²) in [5, 5.41) is 3.47. The number of piperidine rings is 1. The Morgan fingerprint density at radius 1 is 1.17 bits per heavy atom. The van der Waals surface area contributed by atoms with Crippen LogP contribution in [0.2, 0.25) is 10.0 Å². The lowest BCUT2D eigenvalue weighted by molar-refractivity contribution is -0.126. The van der Waals surface area contributed by atoms with Gasteiger partial charge in [-0.1, -0.05) is 51.3 Å². The van der Waals surface area contributed by atoms with Gasteiger partial charge < -0.3 is 5.32 Å². The van der Waals surface area contributed by atoms with Crippen molar-refractivity contribution in [1.29, 1.82) is 0 Å². The Morgan fingerprint density at radius 2 is 1.86 bits per heavy atom. The van der Waals surface area contributed by atoms with Crippen molar-refractivity contribution < 1.29 is 13.2 Å². The molecule has 1 unspecified atom stereocenters. The second-order valence-corrected chi connectivity index (χ2v) is 10.7. The molecule has 0 spiro atoms. The fourth-order valence-electron chi connectivity index (χ4n) is 3.36. The van der Waals surface area contributed by atoms with E-state index in [9.17, 15) is 13.2 Å². The van der Waals surface area contributed by atoms with Crippen LogP contribution in [0.3, 0.4) is 0 Å². The van der Waals surface area contributed by atoms with E-state index in [1.165, 1.54) is 16.4 Å². The molecule has 1 amide bonds. The maximum absolute atomic E-state index is 12.9. The summed E-state index contributed by atoms with van der Waals surface area (Å²) in [6.07, 6.45) is 0.906. The number of rotatable bonds is 5. The van der Waals surface area contributed by atoms with Crippen LogP contribution in [0.15, 0.2) is 51.8 Å². The molecule has 1 heterocycles. The molecule has 1 atom stereocenters. The second-order valence-electron chi connectivity index (χ2n) is 7.04. The monoisotopic (exact) mass is 518 g/mol. The van der Waals surface area contributed by atoms with Crippen molar-refractivity contribution >= 4 is 55.1 Å². The van der Waals surface area contributed by atoms with Crippen LogP contribution in [0.1, 0.15) is 31.4 Å². The third kappa shape index (κ3) is 5.33. The molecule has 0 radical (unpaired) electrons. The van der Waals surface area contributed by atoms with E-state index in [4.69, 9.17) is 23.2 Å². The SMILES string of the molecule is CC(NC(=O)C1CCN(S(=O)(=O)c2cc(Cl)ccc2Cl)CC1)c1cccc(Br)c1. The minimum atomic E-state index is -3.76. The predicted octanol–water partition coefficient (Wildman–Crippen LogP) is 5.03. The first-order chi connectivity index (χ1) is 13.7. The number of hydrogen-bond acceptors (Lipinski definition) is 3. The molecular formula is C20H21BrCl2N2O3S. The molecule has 1 aliphatic heterocycles. The quantitative estimate of drug-likeness (QED) is 0.602. The molecule has 0 aromatic heterocycles. The van der Waals surface area contributed by atoms with Crippen molar-refractivity contribution in [1.82, 2.24) is 9.62 Å². The number of amides is 1. The number of nitrogens with one attached hydrogen (secondary N) is 1. The summed E-state index contributed by atoms with van der Waals surface area (Å²) in [6, 6.07) is 12.0. The molecular weight excluding hydrogens is 499 g/mol. The van der Waals surface area contributed by atoms with Gasteiger partial charge in [0.1, 0.15) is 4.90 Å². The number of hydrogen-bond donors (Lipinski definition) is 1. The average molecular weight is 520 g/mol. The van der Waals surface area contributed by atoms with Gasteiger partial charge in [-0.05, 0) is 55.7 Å². The van der Waals surface area contributed by atoms with Crippen LogP contribution in [0.4, 0.5) is 0 Å². The van der Waals surface area contributed by atoms with Crippen molar-refractivity contribution in [2.45, 2.75) is 30.7 Å². The third-order valence-electron chi connectivity index (χ3n) is 5.04. The summed E-state index contributed by atoms with van der Waals surface area (Å²) in [5.41, 5.74) is 1.00. The second kappa shape index (κ2) is 9.35. The molecule has 1 saturated heterocycles. The topological polar surface area (TPSA) is 66.5 Å². The van der Waals surface area contributed by atoms with Crippen LogP contribution in [0.25, 0.3) is 0 Å². The van der Waals surface area contributed by atoms with Gasteiger partial charge in [-0.2, -0.15) is 4.31 Å². The van der Waals surface area contributed by atoms with Gasteiger partial charge in [-0.15, -0.1) is 0 Å². The smallest absolute Gasteiger partial charge is 0.244 e. The van der Waals surface area contributed by atoms with E-state index in [0.29, 0.717) is 17.9 Å². The van der Waals surface area contributed by atoms with Crippen LogP contribution in [-0.4, -0.2) is 31.7 Å². The van der Waals surface area contributed by atoms with Crippen molar-refractivity contribution in [3.8, 4) is 0 Å². The Labute approximate surface area is 189 Å². The highest BCUT2D eigenvalue weighted by Gasteiger charge is 2.33. The molecule has 0 bridgehead atoms. The van der Waals surface area contributed by atoms with Gasteiger partial charge >= 0.3 is 0 Å². The Bertz CT molecular complexity index is 1010. The molecule has 2 aromatic carbocycles. The molecule has 3 rings (SSSR count). The Hall–Kier alpha value is -1.12. The summed E-state index contributed by atoms with van der Waals surface area (Å²) in [6.45, 7) is 2.45. The largest absolute Gasteiger partial charge is 0.349 e. The van der Waals surface area contributed by atoms with Crippen molar-refractivity contribution in [2.75, 3.05) is 13.1 Å². The van der Waals surface area contributed by atoms with Gasteiger partial charge in [0.25, 0.3) is 0 Å². The number of halogens is 3. The highest BCUT2D eigenvalue weighted by Crippen LogP contribution is 2.30. The van der Waals surface area contributed by atoms with E-state index in [1.807, 2.05) is 31.2 Å². The minimum absolute atomic E-state index is 0.00200. The van der Waals surface area contributed by atoms with Gasteiger partial charge in [-0.3, -0.25) is 4.79 Å². The normalized spacial score (nSPS) is 17.1. The Balaban J connectivity index is 1.62. The molecule has 0 aliphatic carbocycles. The fourth-order valence-corrected chi connectivity index (χ4v) is 5.99. The first-order valence-electron chi connectivity index (χ1n) is 9.19. The maximum Gasteiger partial charge on any atom is 0.244 e. The highest BCUT2D eigenvalue weighted by atomic mass is 79.9. The zero-order valence-corrected chi connectivity index (χ0v) is 19.7. The third-order valence-corrected chi connectivity index (χ3v) is 8.15. The lowest BCUT2D eigenvalue weighted by atomic mass is 9.96. The van der Waals surface area contributed by atoms with Gasteiger partial charge in [0.15, 0.2) is 0 Å². The molecule has 1 fully saturated rings. The van der Waals surface area contributed by atoms with E-state index < -0.39 is 10.0 Å². The highest BCUT2D eigenvalue weighted by molar-refractivity contribution is 9.10. The van der Waals surface area contributed by atoms with Gasteiger partial charge in [0.05, 0.1) is 11.1 Å². The number of sulfonamides is 1. The molecule has 156 valence electrons. The van der Waals surface area contributed by atoms with E-state index in [0.717, 1.165) is 10.0 Å². The summed E-state index contributed by atoms with van der Waals surface area (Å²) >= 11 is 15.4. The molecule has 29 heavy (non-hydrogen) atoms. The molecule has 0 saturated carbocycles. The first-order valence-corrected chi connectivity index (χ1v) is 12.2. The average Bonchev–Trinajstić information content (AvgIpc) is 2.69. The maximum atomic E-state index is 12.9. The summed E-state index contributed by atoms with van der Waals surface area (Å²) in [4.78, 5) is 12.7. The lowest BCUT2D eigenvalue weighted by Crippen LogP contribution is -2.43. The number of benzene rings is 2. The standard InChI is InChI=1S/C20H21BrCl2N2O3S/c1-13(15-3-2-4-16(21)11-15)24-20(26)14-7-9-25(10-8-14)29(27,28)19-12-17(22)5-6-18(19)23/h2-6,11-14H,7-10H2,1H3,(H,24,26). The molecule has 5 nitrogen and oxygen atoms in total. The Morgan fingerprint density at radius 3 is 2.52 bits per heavy atom. The zero-order valence-electron chi connectivity index (χ0n) is 15.7. The molecule has 9 heteroatoms. The molecule has 1 N–H and O–H groups in total. The van der Waals surface area contributed by atoms with Crippen molar-refractivity contribution in [3.63, 3.8) is 0 Å². The van der Waals surface area contributed by atoms with Crippen LogP contribution in [0.5, 0.6) is 0 Å². The minimum Gasteiger partial charge on any atom is -0.349 e. The van der Waals surface area contributed by atoms with Gasteiger partial charge in [-0.25, -0.2) is 8.42 Å². The fraction of sp³-hybridized carbons (Fsp3) is 0.350. The van der Waals surface area contributed by atoms with Crippen molar-refractivity contribution in [3.05, 3.63) is 62.5 Å². The summed E-state index contributed by atoms with van der Waals surface area (Å²) in [5.74, 6) is -0.291. The zero-order chi connectivity index (χ0) is 21.2. The van der Waals surface area contributed by atoms with E-state index in [2.05, 4.69) is 21.2 Å². The van der Waals surface area contributed by atoms with Crippen LogP contribution in [-0.2, 0) is 14.8 Å². The lowest BCUT2D eigenvalue weighted by Gasteiger charge is -2.31. The number of carbonyl (C=O) groups is 1. The van der Waals surface area contributed by atoms with Crippen LogP contribution >= 0.6 is 39.1 Å². The summed E-state index contributed by atoms with van der Waals surface area (Å²) < 4.78 is 28.1. The van der Waals surface area contributed by atoms with E-state index in [-0.39, 0.29) is 40.9 Å². The summed E-state index contributed by atoms with van der Waals surface area (Å²) in [7, 11) is -3.76. The van der Waals surface area contributed by atoms with E-state index in [1.54, 1.807) is 6.07 Å². The van der Waals surface area contributed by atoms with Crippen LogP contribution in [0, 0.1) is 5.92 Å². The molecule has 1 aliphatic rings. The van der Waals surface area contributed by atoms with Crippen LogP contribution < -0.4 is 5.32 Å². The molecule has 2 aromatic rings. The van der Waals surface area contributed by atoms with E-state index >= 15 is 0 Å². The Kier molecular flexibility index (Phi) is 7.27. The van der Waals surface area contributed by atoms with Crippen molar-refractivity contribution in [2.24, 2.45) is 5.92 Å². The number of carbonyl (C=O) groups excluding carboxylic acids is 1. The first kappa shape index (κ1) is 22.6.